The van der Waals surface area contributed by atoms with E-state index in [1.54, 1.807) is 12.1 Å². The van der Waals surface area contributed by atoms with E-state index < -0.39 is 18.0 Å². The molecular formula is C17H18F3N3O2. The van der Waals surface area contributed by atoms with Crippen molar-refractivity contribution in [2.45, 2.75) is 32.5 Å². The van der Waals surface area contributed by atoms with Gasteiger partial charge < -0.3 is 4.90 Å². The minimum absolute atomic E-state index is 0.0318. The molecule has 0 radical (unpaired) electrons. The zero-order valence-electron chi connectivity index (χ0n) is 13.7. The Balaban J connectivity index is 1.80. The summed E-state index contributed by atoms with van der Waals surface area (Å²) in [6.45, 7) is 1.45. The Morgan fingerprint density at radius 2 is 2.12 bits per heavy atom. The maximum Gasteiger partial charge on any atom is 0.393 e. The van der Waals surface area contributed by atoms with Gasteiger partial charge >= 0.3 is 6.18 Å². The van der Waals surface area contributed by atoms with Crippen LogP contribution in [0.2, 0.25) is 0 Å². The van der Waals surface area contributed by atoms with E-state index in [0.29, 0.717) is 17.3 Å². The van der Waals surface area contributed by atoms with Crippen LogP contribution in [0, 0.1) is 12.8 Å². The number of amides is 1. The summed E-state index contributed by atoms with van der Waals surface area (Å²) in [6, 6.07) is 5.18. The molecule has 2 aromatic rings. The molecule has 1 fully saturated rings. The lowest BCUT2D eigenvalue weighted by molar-refractivity contribution is -0.188. The van der Waals surface area contributed by atoms with Gasteiger partial charge in [0.2, 0.25) is 5.91 Å². The second-order valence-electron chi connectivity index (χ2n) is 6.37. The first-order chi connectivity index (χ1) is 11.8. The molecule has 1 aromatic carbocycles. The highest BCUT2D eigenvalue weighted by Crippen LogP contribution is 2.33. The molecule has 3 rings (SSSR count). The highest BCUT2D eigenvalue weighted by Gasteiger charge is 2.42. The molecule has 1 atom stereocenters. The summed E-state index contributed by atoms with van der Waals surface area (Å²) < 4.78 is 39.8. The second kappa shape index (κ2) is 6.50. The molecule has 1 aromatic heterocycles. The van der Waals surface area contributed by atoms with E-state index in [4.69, 9.17) is 0 Å². The molecule has 1 amide bonds. The SMILES string of the molecule is Cc1cccc2c(=O)n(CC(=O)N3CCCC(C(F)(F)F)C3)cnc12. The molecule has 0 N–H and O–H groups in total. The van der Waals surface area contributed by atoms with E-state index in [2.05, 4.69) is 4.98 Å². The van der Waals surface area contributed by atoms with Gasteiger partial charge in [0.05, 0.1) is 23.1 Å². The van der Waals surface area contributed by atoms with Gasteiger partial charge in [-0.15, -0.1) is 0 Å². The van der Waals surface area contributed by atoms with E-state index in [9.17, 15) is 22.8 Å². The van der Waals surface area contributed by atoms with Crippen LogP contribution in [0.1, 0.15) is 18.4 Å². The number of hydrogen-bond donors (Lipinski definition) is 0. The Morgan fingerprint density at radius 1 is 1.36 bits per heavy atom. The van der Waals surface area contributed by atoms with Crippen LogP contribution in [-0.4, -0.2) is 39.6 Å². The van der Waals surface area contributed by atoms with Crippen molar-refractivity contribution in [2.24, 2.45) is 5.92 Å². The first kappa shape index (κ1) is 17.4. The largest absolute Gasteiger partial charge is 0.393 e. The molecule has 1 aliphatic heterocycles. The lowest BCUT2D eigenvalue weighted by Gasteiger charge is -2.33. The molecule has 1 saturated heterocycles. The van der Waals surface area contributed by atoms with Crippen LogP contribution in [0.4, 0.5) is 13.2 Å². The number of aryl methyl sites for hydroxylation is 1. The molecule has 0 spiro atoms. The minimum Gasteiger partial charge on any atom is -0.341 e. The molecule has 1 aliphatic rings. The number of halogens is 3. The Hall–Kier alpha value is -2.38. The number of carbonyl (C=O) groups excluding carboxylic acids is 1. The summed E-state index contributed by atoms with van der Waals surface area (Å²) in [5.74, 6) is -2.00. The minimum atomic E-state index is -4.31. The van der Waals surface area contributed by atoms with E-state index in [0.717, 1.165) is 10.1 Å². The fraction of sp³-hybridized carbons (Fsp3) is 0.471. The highest BCUT2D eigenvalue weighted by atomic mass is 19.4. The number of fused-ring (bicyclic) bond motifs is 1. The fourth-order valence-corrected chi connectivity index (χ4v) is 3.17. The van der Waals surface area contributed by atoms with Gasteiger partial charge in [-0.05, 0) is 31.4 Å². The molecule has 2 heterocycles. The number of para-hydroxylation sites is 1. The summed E-state index contributed by atoms with van der Waals surface area (Å²) in [5.41, 5.74) is 1.04. The third-order valence-electron chi connectivity index (χ3n) is 4.60. The van der Waals surface area contributed by atoms with Crippen LogP contribution < -0.4 is 5.56 Å². The zero-order chi connectivity index (χ0) is 18.2. The van der Waals surface area contributed by atoms with Crippen molar-refractivity contribution in [1.29, 1.82) is 0 Å². The highest BCUT2D eigenvalue weighted by molar-refractivity contribution is 5.81. The van der Waals surface area contributed by atoms with Gasteiger partial charge in [0.15, 0.2) is 0 Å². The van der Waals surface area contributed by atoms with E-state index in [1.807, 2.05) is 13.0 Å². The average Bonchev–Trinajstić information content (AvgIpc) is 2.57. The summed E-state index contributed by atoms with van der Waals surface area (Å²) in [5, 5.41) is 0.391. The number of alkyl halides is 3. The van der Waals surface area contributed by atoms with E-state index in [-0.39, 0.29) is 31.6 Å². The Kier molecular flexibility index (Phi) is 4.53. The van der Waals surface area contributed by atoms with E-state index in [1.165, 1.54) is 11.2 Å². The van der Waals surface area contributed by atoms with Gasteiger partial charge in [0.25, 0.3) is 5.56 Å². The van der Waals surface area contributed by atoms with Crippen molar-refractivity contribution < 1.29 is 18.0 Å². The van der Waals surface area contributed by atoms with Crippen LogP contribution in [0.3, 0.4) is 0 Å². The lowest BCUT2D eigenvalue weighted by Crippen LogP contribution is -2.46. The molecule has 0 saturated carbocycles. The van der Waals surface area contributed by atoms with Crippen LogP contribution >= 0.6 is 0 Å². The first-order valence-corrected chi connectivity index (χ1v) is 8.06. The topological polar surface area (TPSA) is 55.2 Å². The van der Waals surface area contributed by atoms with Gasteiger partial charge in [0.1, 0.15) is 6.54 Å². The summed E-state index contributed by atoms with van der Waals surface area (Å²) >= 11 is 0. The molecule has 5 nitrogen and oxygen atoms in total. The summed E-state index contributed by atoms with van der Waals surface area (Å²) in [7, 11) is 0. The molecular weight excluding hydrogens is 335 g/mol. The average molecular weight is 353 g/mol. The second-order valence-corrected chi connectivity index (χ2v) is 6.37. The van der Waals surface area contributed by atoms with Gasteiger partial charge in [0, 0.05) is 13.1 Å². The Labute approximate surface area is 142 Å². The van der Waals surface area contributed by atoms with Crippen molar-refractivity contribution in [1.82, 2.24) is 14.5 Å². The number of likely N-dealkylation sites (tertiary alicyclic amines) is 1. The van der Waals surface area contributed by atoms with Crippen LogP contribution in [-0.2, 0) is 11.3 Å². The van der Waals surface area contributed by atoms with E-state index >= 15 is 0 Å². The number of nitrogens with zero attached hydrogens (tertiary/aromatic N) is 3. The fourth-order valence-electron chi connectivity index (χ4n) is 3.17. The normalized spacial score (nSPS) is 18.6. The van der Waals surface area contributed by atoms with Gasteiger partial charge in [-0.3, -0.25) is 14.2 Å². The zero-order valence-corrected chi connectivity index (χ0v) is 13.7. The van der Waals surface area contributed by atoms with Crippen molar-refractivity contribution in [3.05, 3.63) is 40.4 Å². The Morgan fingerprint density at radius 3 is 2.84 bits per heavy atom. The van der Waals surface area contributed by atoms with Gasteiger partial charge in [-0.1, -0.05) is 12.1 Å². The number of hydrogen-bond acceptors (Lipinski definition) is 3. The Bertz CT molecular complexity index is 860. The van der Waals surface area contributed by atoms with Crippen LogP contribution in [0.25, 0.3) is 10.9 Å². The van der Waals surface area contributed by atoms with Crippen molar-refractivity contribution in [3.63, 3.8) is 0 Å². The van der Waals surface area contributed by atoms with Crippen LogP contribution in [0.15, 0.2) is 29.3 Å². The smallest absolute Gasteiger partial charge is 0.341 e. The maximum atomic E-state index is 12.9. The van der Waals surface area contributed by atoms with Gasteiger partial charge in [-0.2, -0.15) is 13.2 Å². The molecule has 0 bridgehead atoms. The summed E-state index contributed by atoms with van der Waals surface area (Å²) in [6.07, 6.45) is -2.69. The molecule has 134 valence electrons. The number of piperidine rings is 1. The first-order valence-electron chi connectivity index (χ1n) is 8.06. The standard InChI is InChI=1S/C17H18F3N3O2/c1-11-4-2-6-13-15(11)21-10-23(16(13)25)9-14(24)22-7-3-5-12(8-22)17(18,19)20/h2,4,6,10,12H,3,5,7-9H2,1H3. The molecule has 1 unspecified atom stereocenters. The number of benzene rings is 1. The number of rotatable bonds is 2. The predicted molar refractivity (Wildman–Crippen MR) is 86.1 cm³/mol. The predicted octanol–water partition coefficient (Wildman–Crippen LogP) is 2.51. The molecule has 0 aliphatic carbocycles. The van der Waals surface area contributed by atoms with Gasteiger partial charge in [-0.25, -0.2) is 4.98 Å². The van der Waals surface area contributed by atoms with Crippen molar-refractivity contribution in [3.8, 4) is 0 Å². The van der Waals surface area contributed by atoms with Crippen molar-refractivity contribution >= 4 is 16.8 Å². The molecule has 8 heteroatoms. The molecule has 25 heavy (non-hydrogen) atoms. The summed E-state index contributed by atoms with van der Waals surface area (Å²) in [4.78, 5) is 30.3. The quantitative estimate of drug-likeness (QED) is 0.834. The monoisotopic (exact) mass is 353 g/mol. The van der Waals surface area contributed by atoms with Crippen molar-refractivity contribution in [2.75, 3.05) is 13.1 Å². The lowest BCUT2D eigenvalue weighted by atomic mass is 9.97. The number of carbonyl (C=O) groups is 1. The third-order valence-corrected chi connectivity index (χ3v) is 4.60. The van der Waals surface area contributed by atoms with Crippen LogP contribution in [0.5, 0.6) is 0 Å². The maximum absolute atomic E-state index is 12.9. The number of aromatic nitrogens is 2. The third kappa shape index (κ3) is 3.52.